The van der Waals surface area contributed by atoms with Crippen LogP contribution in [-0.2, 0) is 17.9 Å². The van der Waals surface area contributed by atoms with Crippen molar-refractivity contribution in [3.8, 4) is 0 Å². The number of amides is 1. The van der Waals surface area contributed by atoms with Crippen molar-refractivity contribution in [2.24, 2.45) is 0 Å². The van der Waals surface area contributed by atoms with E-state index in [1.807, 2.05) is 29.5 Å². The van der Waals surface area contributed by atoms with Crippen LogP contribution in [0.3, 0.4) is 0 Å². The average molecular weight is 440 g/mol. The predicted octanol–water partition coefficient (Wildman–Crippen LogP) is 3.31. The highest BCUT2D eigenvalue weighted by molar-refractivity contribution is 7.99. The molecular formula is C22H22FN5O2S. The molecule has 4 aromatic rings. The van der Waals surface area contributed by atoms with E-state index in [-0.39, 0.29) is 29.6 Å². The number of nitrogens with one attached hydrogen (secondary N) is 1. The molecule has 0 fully saturated rings. The summed E-state index contributed by atoms with van der Waals surface area (Å²) in [5, 5.41) is 12.4. The summed E-state index contributed by atoms with van der Waals surface area (Å²) in [6, 6.07) is 12.2. The Morgan fingerprint density at radius 3 is 2.77 bits per heavy atom. The quantitative estimate of drug-likeness (QED) is 0.447. The van der Waals surface area contributed by atoms with Gasteiger partial charge in [0, 0.05) is 13.1 Å². The molecule has 0 aliphatic carbocycles. The molecule has 9 heteroatoms. The van der Waals surface area contributed by atoms with Crippen molar-refractivity contribution in [1.29, 1.82) is 0 Å². The van der Waals surface area contributed by atoms with Gasteiger partial charge < -0.3 is 5.32 Å². The lowest BCUT2D eigenvalue weighted by Crippen LogP contribution is -2.25. The molecule has 2 heterocycles. The molecule has 0 aliphatic rings. The van der Waals surface area contributed by atoms with Crippen LogP contribution in [0, 0.1) is 12.7 Å². The minimum absolute atomic E-state index is 0.100. The Morgan fingerprint density at radius 2 is 2.00 bits per heavy atom. The Hall–Kier alpha value is -3.20. The van der Waals surface area contributed by atoms with Crippen LogP contribution in [0.25, 0.3) is 16.7 Å². The van der Waals surface area contributed by atoms with Gasteiger partial charge in [-0.25, -0.2) is 4.39 Å². The van der Waals surface area contributed by atoms with Crippen molar-refractivity contribution >= 4 is 34.3 Å². The maximum absolute atomic E-state index is 13.7. The molecule has 160 valence electrons. The smallest absolute Gasteiger partial charge is 0.262 e. The number of fused-ring (bicyclic) bond motifs is 3. The highest BCUT2D eigenvalue weighted by Gasteiger charge is 2.17. The SMILES string of the molecule is CCCn1c(=O)c2ccccc2n2c(SCC(=O)NCc3ccc(C)c(F)c3)nnc12. The molecule has 0 atom stereocenters. The molecule has 1 amide bonds. The summed E-state index contributed by atoms with van der Waals surface area (Å²) in [6.45, 7) is 4.47. The molecule has 7 nitrogen and oxygen atoms in total. The molecule has 0 aliphatic heterocycles. The van der Waals surface area contributed by atoms with Crippen LogP contribution in [0.4, 0.5) is 4.39 Å². The van der Waals surface area contributed by atoms with E-state index in [1.165, 1.54) is 17.8 Å². The summed E-state index contributed by atoms with van der Waals surface area (Å²) < 4.78 is 17.1. The van der Waals surface area contributed by atoms with Crippen LogP contribution in [0.5, 0.6) is 0 Å². The molecular weight excluding hydrogens is 417 g/mol. The number of nitrogens with zero attached hydrogens (tertiary/aromatic N) is 4. The van der Waals surface area contributed by atoms with Gasteiger partial charge >= 0.3 is 0 Å². The van der Waals surface area contributed by atoms with Gasteiger partial charge in [0.15, 0.2) is 5.16 Å². The zero-order valence-corrected chi connectivity index (χ0v) is 18.1. The summed E-state index contributed by atoms with van der Waals surface area (Å²) in [7, 11) is 0. The number of halogens is 1. The van der Waals surface area contributed by atoms with Crippen LogP contribution >= 0.6 is 11.8 Å². The third kappa shape index (κ3) is 4.18. The fourth-order valence-corrected chi connectivity index (χ4v) is 4.15. The minimum atomic E-state index is -0.291. The molecule has 0 bridgehead atoms. The van der Waals surface area contributed by atoms with Gasteiger partial charge in [-0.05, 0) is 42.7 Å². The van der Waals surface area contributed by atoms with Crippen molar-refractivity contribution in [1.82, 2.24) is 24.5 Å². The number of carbonyl (C=O) groups is 1. The van der Waals surface area contributed by atoms with Gasteiger partial charge in [0.2, 0.25) is 11.7 Å². The van der Waals surface area contributed by atoms with Crippen LogP contribution in [0.2, 0.25) is 0 Å². The van der Waals surface area contributed by atoms with Gasteiger partial charge in [-0.3, -0.25) is 18.6 Å². The van der Waals surface area contributed by atoms with E-state index in [2.05, 4.69) is 15.5 Å². The van der Waals surface area contributed by atoms with E-state index in [0.717, 1.165) is 6.42 Å². The topological polar surface area (TPSA) is 81.3 Å². The molecule has 0 spiro atoms. The molecule has 2 aromatic carbocycles. The van der Waals surface area contributed by atoms with E-state index in [0.29, 0.717) is 39.5 Å². The molecule has 1 N–H and O–H groups in total. The maximum Gasteiger partial charge on any atom is 0.262 e. The summed E-state index contributed by atoms with van der Waals surface area (Å²) in [4.78, 5) is 25.2. The van der Waals surface area contributed by atoms with Gasteiger partial charge in [-0.15, -0.1) is 10.2 Å². The summed E-state index contributed by atoms with van der Waals surface area (Å²) in [6.07, 6.45) is 0.783. The number of para-hydroxylation sites is 1. The zero-order valence-electron chi connectivity index (χ0n) is 17.3. The Morgan fingerprint density at radius 1 is 1.19 bits per heavy atom. The first-order valence-corrected chi connectivity index (χ1v) is 11.0. The van der Waals surface area contributed by atoms with Gasteiger partial charge in [0.1, 0.15) is 5.82 Å². The fraction of sp³-hybridized carbons (Fsp3) is 0.273. The van der Waals surface area contributed by atoms with Gasteiger partial charge in [0.05, 0.1) is 16.7 Å². The second-order valence-electron chi connectivity index (χ2n) is 7.24. The van der Waals surface area contributed by atoms with Crippen molar-refractivity contribution in [2.75, 3.05) is 5.75 Å². The third-order valence-electron chi connectivity index (χ3n) is 4.98. The third-order valence-corrected chi connectivity index (χ3v) is 5.91. The molecule has 2 aromatic heterocycles. The zero-order chi connectivity index (χ0) is 22.0. The van der Waals surface area contributed by atoms with E-state index in [9.17, 15) is 14.0 Å². The first-order chi connectivity index (χ1) is 15.0. The average Bonchev–Trinajstić information content (AvgIpc) is 3.20. The van der Waals surface area contributed by atoms with Crippen molar-refractivity contribution in [3.63, 3.8) is 0 Å². The van der Waals surface area contributed by atoms with E-state index < -0.39 is 0 Å². The second-order valence-corrected chi connectivity index (χ2v) is 8.18. The molecule has 4 rings (SSSR count). The van der Waals surface area contributed by atoms with E-state index in [1.54, 1.807) is 29.7 Å². The monoisotopic (exact) mass is 439 g/mol. The first kappa shape index (κ1) is 21.0. The van der Waals surface area contributed by atoms with Crippen LogP contribution < -0.4 is 10.9 Å². The van der Waals surface area contributed by atoms with Crippen LogP contribution in [-0.4, -0.2) is 30.8 Å². The highest BCUT2D eigenvalue weighted by Crippen LogP contribution is 2.21. The number of hydrogen-bond donors (Lipinski definition) is 1. The Labute approximate surface area is 182 Å². The fourth-order valence-electron chi connectivity index (χ4n) is 3.38. The number of carbonyl (C=O) groups excluding carboxylic acids is 1. The predicted molar refractivity (Wildman–Crippen MR) is 119 cm³/mol. The Kier molecular flexibility index (Phi) is 6.03. The summed E-state index contributed by atoms with van der Waals surface area (Å²) in [5.41, 5.74) is 1.87. The van der Waals surface area contributed by atoms with Crippen molar-refractivity contribution < 1.29 is 9.18 Å². The van der Waals surface area contributed by atoms with Gasteiger partial charge in [0.25, 0.3) is 5.56 Å². The van der Waals surface area contributed by atoms with Crippen LogP contribution in [0.15, 0.2) is 52.4 Å². The highest BCUT2D eigenvalue weighted by atomic mass is 32.2. The largest absolute Gasteiger partial charge is 0.351 e. The standard InChI is InChI=1S/C22H22FN5O2S/c1-3-10-27-20(30)16-6-4-5-7-18(16)28-21(27)25-26-22(28)31-13-19(29)24-12-15-9-8-14(2)17(23)11-15/h4-9,11H,3,10,12-13H2,1-2H3,(H,24,29). The molecule has 0 radical (unpaired) electrons. The number of aromatic nitrogens is 4. The lowest BCUT2D eigenvalue weighted by molar-refractivity contribution is -0.118. The molecule has 0 saturated carbocycles. The van der Waals surface area contributed by atoms with Gasteiger partial charge in [-0.2, -0.15) is 0 Å². The summed E-state index contributed by atoms with van der Waals surface area (Å²) >= 11 is 1.24. The Balaban J connectivity index is 1.55. The maximum atomic E-state index is 13.7. The minimum Gasteiger partial charge on any atom is -0.351 e. The number of hydrogen-bond acceptors (Lipinski definition) is 5. The first-order valence-electron chi connectivity index (χ1n) is 10.0. The second kappa shape index (κ2) is 8.89. The number of benzene rings is 2. The lowest BCUT2D eigenvalue weighted by atomic mass is 10.1. The number of thioether (sulfide) groups is 1. The van der Waals surface area contributed by atoms with E-state index >= 15 is 0 Å². The van der Waals surface area contributed by atoms with E-state index in [4.69, 9.17) is 0 Å². The summed E-state index contributed by atoms with van der Waals surface area (Å²) in [5.74, 6) is 0.0923. The van der Waals surface area contributed by atoms with Crippen molar-refractivity contribution in [2.45, 2.75) is 38.5 Å². The Bertz CT molecular complexity index is 1330. The van der Waals surface area contributed by atoms with Crippen molar-refractivity contribution in [3.05, 3.63) is 69.8 Å². The lowest BCUT2D eigenvalue weighted by Gasteiger charge is -2.10. The van der Waals surface area contributed by atoms with Crippen LogP contribution in [0.1, 0.15) is 24.5 Å². The molecule has 0 saturated heterocycles. The number of aryl methyl sites for hydroxylation is 2. The normalized spacial score (nSPS) is 11.3. The van der Waals surface area contributed by atoms with Gasteiger partial charge in [-0.1, -0.05) is 43.0 Å². The molecule has 31 heavy (non-hydrogen) atoms. The number of rotatable bonds is 7. The molecule has 0 unspecified atom stereocenters.